The van der Waals surface area contributed by atoms with E-state index in [9.17, 15) is 4.79 Å². The highest BCUT2D eigenvalue weighted by Crippen LogP contribution is 2.06. The summed E-state index contributed by atoms with van der Waals surface area (Å²) in [5.41, 5.74) is 2.20. The summed E-state index contributed by atoms with van der Waals surface area (Å²) in [5, 5.41) is 4.08. The molecule has 0 amide bonds. The van der Waals surface area contributed by atoms with Crippen molar-refractivity contribution in [3.05, 3.63) is 64.4 Å². The summed E-state index contributed by atoms with van der Waals surface area (Å²) in [4.78, 5) is 11.4. The summed E-state index contributed by atoms with van der Waals surface area (Å²) in [5.74, 6) is -0.297. The van der Waals surface area contributed by atoms with Crippen LogP contribution < -0.4 is 0 Å². The standard InChI is InChI=1S/C15H14O2S/c16-15(7-6-13-4-2-1-3-5-13)17-10-8-14-9-11-18-12-14/h1-7,9,11-12H,8,10H2/b7-6+. The Bertz CT molecular complexity index is 501. The summed E-state index contributed by atoms with van der Waals surface area (Å²) in [7, 11) is 0. The number of ether oxygens (including phenoxy) is 1. The van der Waals surface area contributed by atoms with Crippen molar-refractivity contribution >= 4 is 23.4 Å². The van der Waals surface area contributed by atoms with Gasteiger partial charge in [0.25, 0.3) is 0 Å². The summed E-state index contributed by atoms with van der Waals surface area (Å²) in [6.07, 6.45) is 3.99. The molecule has 1 aromatic carbocycles. The SMILES string of the molecule is O=C(/C=C/c1ccccc1)OCCc1ccsc1. The topological polar surface area (TPSA) is 26.3 Å². The molecule has 0 radical (unpaired) electrons. The molecule has 0 unspecified atom stereocenters. The monoisotopic (exact) mass is 258 g/mol. The number of carbonyl (C=O) groups is 1. The van der Waals surface area contributed by atoms with Gasteiger partial charge in [0.1, 0.15) is 0 Å². The minimum absolute atomic E-state index is 0.297. The van der Waals surface area contributed by atoms with E-state index in [1.54, 1.807) is 17.4 Å². The van der Waals surface area contributed by atoms with Gasteiger partial charge in [-0.3, -0.25) is 0 Å². The molecule has 0 saturated carbocycles. The molecule has 0 fully saturated rings. The van der Waals surface area contributed by atoms with Crippen LogP contribution in [0.4, 0.5) is 0 Å². The first-order chi connectivity index (χ1) is 8.84. The van der Waals surface area contributed by atoms with Gasteiger partial charge in [-0.25, -0.2) is 4.79 Å². The van der Waals surface area contributed by atoms with Crippen LogP contribution in [-0.4, -0.2) is 12.6 Å². The average Bonchev–Trinajstić information content (AvgIpc) is 2.91. The maximum atomic E-state index is 11.4. The van der Waals surface area contributed by atoms with Crippen LogP contribution in [0.2, 0.25) is 0 Å². The van der Waals surface area contributed by atoms with E-state index in [2.05, 4.69) is 5.38 Å². The Balaban J connectivity index is 1.74. The van der Waals surface area contributed by atoms with Gasteiger partial charge in [-0.2, -0.15) is 11.3 Å². The van der Waals surface area contributed by atoms with E-state index in [0.29, 0.717) is 6.61 Å². The van der Waals surface area contributed by atoms with Gasteiger partial charge in [0, 0.05) is 12.5 Å². The molecule has 0 aliphatic carbocycles. The molecule has 0 bridgehead atoms. The second kappa shape index (κ2) is 6.77. The van der Waals surface area contributed by atoms with Crippen LogP contribution in [0, 0.1) is 0 Å². The first-order valence-corrected chi connectivity index (χ1v) is 6.70. The molecular weight excluding hydrogens is 244 g/mol. The first kappa shape index (κ1) is 12.6. The van der Waals surface area contributed by atoms with Crippen molar-refractivity contribution < 1.29 is 9.53 Å². The number of thiophene rings is 1. The van der Waals surface area contributed by atoms with Gasteiger partial charge in [0.05, 0.1) is 6.61 Å². The summed E-state index contributed by atoms with van der Waals surface area (Å²) in [6, 6.07) is 11.7. The van der Waals surface area contributed by atoms with E-state index in [1.165, 1.54) is 11.6 Å². The van der Waals surface area contributed by atoms with Crippen molar-refractivity contribution in [1.82, 2.24) is 0 Å². The fourth-order valence-corrected chi connectivity index (χ4v) is 2.18. The van der Waals surface area contributed by atoms with E-state index in [-0.39, 0.29) is 5.97 Å². The van der Waals surface area contributed by atoms with Crippen LogP contribution in [-0.2, 0) is 16.0 Å². The van der Waals surface area contributed by atoms with Crippen molar-refractivity contribution in [2.24, 2.45) is 0 Å². The van der Waals surface area contributed by atoms with Gasteiger partial charge in [-0.05, 0) is 34.0 Å². The lowest BCUT2D eigenvalue weighted by molar-refractivity contribution is -0.137. The molecule has 0 N–H and O–H groups in total. The Morgan fingerprint density at radius 1 is 1.22 bits per heavy atom. The highest BCUT2D eigenvalue weighted by Gasteiger charge is 1.98. The van der Waals surface area contributed by atoms with Crippen LogP contribution >= 0.6 is 11.3 Å². The summed E-state index contributed by atoms with van der Waals surface area (Å²) < 4.78 is 5.12. The van der Waals surface area contributed by atoms with Crippen molar-refractivity contribution in [3.8, 4) is 0 Å². The summed E-state index contributed by atoms with van der Waals surface area (Å²) in [6.45, 7) is 0.425. The van der Waals surface area contributed by atoms with Crippen molar-refractivity contribution in [2.75, 3.05) is 6.61 Å². The molecular formula is C15H14O2S. The maximum Gasteiger partial charge on any atom is 0.330 e. The van der Waals surface area contributed by atoms with Crippen molar-refractivity contribution in [3.63, 3.8) is 0 Å². The fraction of sp³-hybridized carbons (Fsp3) is 0.133. The highest BCUT2D eigenvalue weighted by atomic mass is 32.1. The predicted molar refractivity (Wildman–Crippen MR) is 74.5 cm³/mol. The molecule has 92 valence electrons. The number of rotatable bonds is 5. The molecule has 18 heavy (non-hydrogen) atoms. The van der Waals surface area contributed by atoms with Gasteiger partial charge >= 0.3 is 5.97 Å². The Kier molecular flexibility index (Phi) is 4.73. The minimum atomic E-state index is -0.297. The third-order valence-corrected chi connectivity index (χ3v) is 3.16. The molecule has 0 saturated heterocycles. The number of benzene rings is 1. The lowest BCUT2D eigenvalue weighted by atomic mass is 10.2. The van der Waals surface area contributed by atoms with E-state index in [4.69, 9.17) is 4.74 Å². The lowest BCUT2D eigenvalue weighted by Crippen LogP contribution is -2.04. The molecule has 1 heterocycles. The minimum Gasteiger partial charge on any atom is -0.462 e. The van der Waals surface area contributed by atoms with Crippen molar-refractivity contribution in [1.29, 1.82) is 0 Å². The zero-order valence-electron chi connectivity index (χ0n) is 9.91. The molecule has 2 rings (SSSR count). The van der Waals surface area contributed by atoms with Crippen LogP contribution in [0.25, 0.3) is 6.08 Å². The zero-order valence-corrected chi connectivity index (χ0v) is 10.7. The lowest BCUT2D eigenvalue weighted by Gasteiger charge is -2.00. The van der Waals surface area contributed by atoms with E-state index >= 15 is 0 Å². The van der Waals surface area contributed by atoms with Gasteiger partial charge in [0.15, 0.2) is 0 Å². The Morgan fingerprint density at radius 2 is 2.06 bits per heavy atom. The highest BCUT2D eigenvalue weighted by molar-refractivity contribution is 7.07. The normalized spacial score (nSPS) is 10.7. The Labute approximate surface area is 111 Å². The number of carbonyl (C=O) groups excluding carboxylic acids is 1. The number of hydrogen-bond acceptors (Lipinski definition) is 3. The predicted octanol–water partition coefficient (Wildman–Crippen LogP) is 3.55. The molecule has 2 nitrogen and oxygen atoms in total. The number of esters is 1. The molecule has 0 aliphatic rings. The van der Waals surface area contributed by atoms with Gasteiger partial charge in [-0.1, -0.05) is 30.3 Å². The third kappa shape index (κ3) is 4.18. The molecule has 2 aromatic rings. The Morgan fingerprint density at radius 3 is 2.78 bits per heavy atom. The summed E-state index contributed by atoms with van der Waals surface area (Å²) >= 11 is 1.65. The number of hydrogen-bond donors (Lipinski definition) is 0. The van der Waals surface area contributed by atoms with Crippen molar-refractivity contribution in [2.45, 2.75) is 6.42 Å². The first-order valence-electron chi connectivity index (χ1n) is 5.75. The van der Waals surface area contributed by atoms with Crippen LogP contribution in [0.15, 0.2) is 53.2 Å². The van der Waals surface area contributed by atoms with Gasteiger partial charge in [-0.15, -0.1) is 0 Å². The van der Waals surface area contributed by atoms with Crippen LogP contribution in [0.1, 0.15) is 11.1 Å². The van der Waals surface area contributed by atoms with E-state index in [1.807, 2.05) is 41.8 Å². The van der Waals surface area contributed by atoms with Gasteiger partial charge < -0.3 is 4.74 Å². The van der Waals surface area contributed by atoms with E-state index < -0.39 is 0 Å². The third-order valence-electron chi connectivity index (χ3n) is 2.43. The average molecular weight is 258 g/mol. The Hall–Kier alpha value is -1.87. The van der Waals surface area contributed by atoms with Crippen LogP contribution in [0.3, 0.4) is 0 Å². The quantitative estimate of drug-likeness (QED) is 0.605. The fourth-order valence-electron chi connectivity index (χ4n) is 1.48. The molecule has 0 aliphatic heterocycles. The second-order valence-electron chi connectivity index (χ2n) is 3.79. The smallest absolute Gasteiger partial charge is 0.330 e. The zero-order chi connectivity index (χ0) is 12.6. The van der Waals surface area contributed by atoms with E-state index in [0.717, 1.165) is 12.0 Å². The van der Waals surface area contributed by atoms with Crippen LogP contribution in [0.5, 0.6) is 0 Å². The molecule has 3 heteroatoms. The maximum absolute atomic E-state index is 11.4. The molecule has 0 atom stereocenters. The molecule has 0 spiro atoms. The van der Waals surface area contributed by atoms with Gasteiger partial charge in [0.2, 0.25) is 0 Å². The largest absolute Gasteiger partial charge is 0.462 e. The second-order valence-corrected chi connectivity index (χ2v) is 4.57. The molecule has 1 aromatic heterocycles.